The molecule has 6 rings (SSSR count). The summed E-state index contributed by atoms with van der Waals surface area (Å²) in [4.78, 5) is 68.3. The van der Waals surface area contributed by atoms with Crippen LogP contribution in [0, 0.1) is 6.92 Å². The molecule has 0 saturated carbocycles. The molecule has 2 aliphatic heterocycles. The normalized spacial score (nSPS) is 17.2. The molecule has 2 aromatic heterocycles. The van der Waals surface area contributed by atoms with Crippen molar-refractivity contribution in [1.29, 1.82) is 0 Å². The lowest BCUT2D eigenvalue weighted by atomic mass is 10.0. The number of esters is 1. The minimum Gasteiger partial charge on any atom is -0.448 e. The molecule has 1 unspecified atom stereocenters. The molecular weight excluding hydrogens is 709 g/mol. The number of nitrogens with one attached hydrogen (secondary N) is 2. The highest BCUT2D eigenvalue weighted by Crippen LogP contribution is 2.45. The van der Waals surface area contributed by atoms with Gasteiger partial charge in [-0.1, -0.05) is 83.6 Å². The van der Waals surface area contributed by atoms with Gasteiger partial charge < -0.3 is 20.2 Å². The van der Waals surface area contributed by atoms with Crippen molar-refractivity contribution >= 4 is 76.0 Å². The molecule has 51 heavy (non-hydrogen) atoms. The number of fused-ring (bicyclic) bond motifs is 1. The van der Waals surface area contributed by atoms with Crippen molar-refractivity contribution in [3.05, 3.63) is 128 Å². The van der Waals surface area contributed by atoms with E-state index in [-0.39, 0.29) is 28.8 Å². The molecule has 1 saturated heterocycles. The molecule has 12 nitrogen and oxygen atoms in total. The van der Waals surface area contributed by atoms with Crippen molar-refractivity contribution in [3.8, 4) is 0 Å². The fraction of sp³-hybridized carbons (Fsp3) is 0.194. The molecule has 4 aromatic rings. The Labute approximate surface area is 306 Å². The molecule has 3 amide bonds. The zero-order valence-corrected chi connectivity index (χ0v) is 29.9. The molecule has 260 valence electrons. The van der Waals surface area contributed by atoms with Crippen LogP contribution in [0.25, 0.3) is 6.08 Å². The maximum absolute atomic E-state index is 14.3. The van der Waals surface area contributed by atoms with Crippen LogP contribution in [0.2, 0.25) is 0 Å². The number of nitrogens with zero attached hydrogens (tertiary/aromatic N) is 4. The summed E-state index contributed by atoms with van der Waals surface area (Å²) in [6, 6.07) is 21.7. The number of benzene rings is 2. The minimum atomic E-state index is -0.969. The molecule has 0 radical (unpaired) electrons. The molecule has 4 heterocycles. The summed E-state index contributed by atoms with van der Waals surface area (Å²) in [7, 11) is 0. The Morgan fingerprint density at radius 2 is 1.82 bits per heavy atom. The molecule has 15 heteroatoms. The van der Waals surface area contributed by atoms with E-state index in [0.29, 0.717) is 17.1 Å². The Morgan fingerprint density at radius 3 is 2.47 bits per heavy atom. The highest BCUT2D eigenvalue weighted by atomic mass is 32.2. The smallest absolute Gasteiger partial charge is 0.356 e. The van der Waals surface area contributed by atoms with Crippen LogP contribution in [0.4, 0.5) is 5.13 Å². The fourth-order valence-corrected chi connectivity index (χ4v) is 8.24. The average molecular weight is 741 g/mol. The zero-order chi connectivity index (χ0) is 35.7. The van der Waals surface area contributed by atoms with Gasteiger partial charge in [0.25, 0.3) is 11.8 Å². The van der Waals surface area contributed by atoms with E-state index in [0.717, 1.165) is 33.7 Å². The maximum Gasteiger partial charge on any atom is 0.356 e. The highest BCUT2D eigenvalue weighted by Gasteiger charge is 2.55. The third-order valence-electron chi connectivity index (χ3n) is 7.68. The lowest BCUT2D eigenvalue weighted by molar-refractivity contribution is -0.154. The topological polar surface area (TPSA) is 152 Å². The molecule has 2 aliphatic rings. The summed E-state index contributed by atoms with van der Waals surface area (Å²) in [5.41, 5.74) is 3.46. The predicted molar refractivity (Wildman–Crippen MR) is 198 cm³/mol. The van der Waals surface area contributed by atoms with Crippen LogP contribution in [0.5, 0.6) is 0 Å². The second-order valence-corrected chi connectivity index (χ2v) is 14.0. The molecule has 0 bridgehead atoms. The zero-order valence-electron chi connectivity index (χ0n) is 27.4. The Morgan fingerprint density at radius 1 is 1.10 bits per heavy atom. The van der Waals surface area contributed by atoms with Crippen LogP contribution >= 0.6 is 34.9 Å². The van der Waals surface area contributed by atoms with Crippen molar-refractivity contribution in [3.63, 3.8) is 0 Å². The number of oxime groups is 1. The number of hydrogen-bond acceptors (Lipinski definition) is 12. The van der Waals surface area contributed by atoms with Gasteiger partial charge in [-0.05, 0) is 48.1 Å². The van der Waals surface area contributed by atoms with E-state index in [2.05, 4.69) is 25.8 Å². The Kier molecular flexibility index (Phi) is 11.6. The Balaban J connectivity index is 1.28. The molecular formula is C36H32N6O6S3. The van der Waals surface area contributed by atoms with Gasteiger partial charge in [0, 0.05) is 27.9 Å². The fourth-order valence-electron chi connectivity index (χ4n) is 5.23. The largest absolute Gasteiger partial charge is 0.448 e. The first-order valence-corrected chi connectivity index (χ1v) is 18.6. The van der Waals surface area contributed by atoms with Gasteiger partial charge in [-0.3, -0.25) is 24.3 Å². The lowest BCUT2D eigenvalue weighted by Gasteiger charge is -2.49. The first-order valence-electron chi connectivity index (χ1n) is 15.8. The van der Waals surface area contributed by atoms with Crippen LogP contribution in [0.15, 0.2) is 106 Å². The monoisotopic (exact) mass is 740 g/mol. The number of aryl methyl sites for hydroxylation is 1. The van der Waals surface area contributed by atoms with E-state index in [9.17, 15) is 19.2 Å². The third kappa shape index (κ3) is 8.22. The molecule has 2 N–H and O–H groups in total. The van der Waals surface area contributed by atoms with Crippen molar-refractivity contribution in [2.45, 2.75) is 31.4 Å². The SMILES string of the molecule is CCON=C(C(=O)NC1C(=O)N2C(C(=O)OC(c3ccccc3)c3ccccc3)=C(S/C=C\c3ccc(C)nc3)CS[C@H]12)c1csc(NC=O)n1. The van der Waals surface area contributed by atoms with Crippen molar-refractivity contribution in [1.82, 2.24) is 20.2 Å². The number of rotatable bonds is 14. The Hall–Kier alpha value is -5.25. The van der Waals surface area contributed by atoms with Crippen molar-refractivity contribution in [2.75, 3.05) is 17.7 Å². The standard InChI is InChI=1S/C36H32N6O6S3/c1-3-47-41-28(26-19-51-36(39-26)38-21-43)32(44)40-29-33(45)42-30(27(20-50-34(29)42)49-17-16-23-15-14-22(2)37-18-23)35(46)48-31(24-10-6-4-7-11-24)25-12-8-5-9-13-25/h4-19,21,29,31,34H,3,20H2,1-2H3,(H,40,44)(H,38,39,43)/b17-16-,41-28?/t29?,34-/m1/s1. The molecule has 2 atom stereocenters. The second-order valence-electron chi connectivity index (χ2n) is 11.1. The summed E-state index contributed by atoms with van der Waals surface area (Å²) in [6.07, 6.45) is 3.38. The van der Waals surface area contributed by atoms with E-state index in [1.54, 1.807) is 18.5 Å². The second kappa shape index (κ2) is 16.6. The van der Waals surface area contributed by atoms with E-state index in [1.165, 1.54) is 28.4 Å². The minimum absolute atomic E-state index is 0.120. The number of ether oxygens (including phenoxy) is 1. The number of β-lactam (4-membered cyclic amide) rings is 1. The van der Waals surface area contributed by atoms with Gasteiger partial charge >= 0.3 is 5.97 Å². The number of thiazole rings is 1. The maximum atomic E-state index is 14.3. The van der Waals surface area contributed by atoms with Crippen molar-refractivity contribution < 1.29 is 28.8 Å². The number of pyridine rings is 1. The first-order chi connectivity index (χ1) is 24.9. The lowest BCUT2D eigenvalue weighted by Crippen LogP contribution is -2.71. The molecule has 0 spiro atoms. The predicted octanol–water partition coefficient (Wildman–Crippen LogP) is 5.50. The van der Waals surface area contributed by atoms with E-state index in [4.69, 9.17) is 9.57 Å². The number of carbonyl (C=O) groups is 4. The number of hydrogen-bond donors (Lipinski definition) is 2. The number of aromatic nitrogens is 2. The third-order valence-corrected chi connectivity index (χ3v) is 10.8. The number of anilines is 1. The number of thioether (sulfide) groups is 2. The Bertz CT molecular complexity index is 1950. The van der Waals surface area contributed by atoms with Gasteiger partial charge in [-0.2, -0.15) is 0 Å². The van der Waals surface area contributed by atoms with Crippen molar-refractivity contribution in [2.24, 2.45) is 5.16 Å². The van der Waals surface area contributed by atoms with Gasteiger partial charge in [0.05, 0.1) is 0 Å². The highest BCUT2D eigenvalue weighted by molar-refractivity contribution is 8.08. The molecule has 1 fully saturated rings. The molecule has 0 aliphatic carbocycles. The van der Waals surface area contributed by atoms with E-state index >= 15 is 0 Å². The van der Waals surface area contributed by atoms with Crippen LogP contribution in [0.3, 0.4) is 0 Å². The first kappa shape index (κ1) is 35.6. The summed E-state index contributed by atoms with van der Waals surface area (Å²) >= 11 is 3.84. The van der Waals surface area contributed by atoms with Crippen LogP contribution in [-0.2, 0) is 28.8 Å². The van der Waals surface area contributed by atoms with Gasteiger partial charge in [0.15, 0.2) is 16.9 Å². The van der Waals surface area contributed by atoms with E-state index < -0.39 is 35.3 Å². The summed E-state index contributed by atoms with van der Waals surface area (Å²) in [6.45, 7) is 3.81. The van der Waals surface area contributed by atoms with Gasteiger partial charge in [0.2, 0.25) is 6.41 Å². The van der Waals surface area contributed by atoms with Crippen LogP contribution in [0.1, 0.15) is 41.1 Å². The van der Waals surface area contributed by atoms with Crippen LogP contribution in [-0.4, -0.2) is 68.5 Å². The van der Waals surface area contributed by atoms with Gasteiger partial charge in [0.1, 0.15) is 29.4 Å². The number of amides is 3. The van der Waals surface area contributed by atoms with Gasteiger partial charge in [-0.15, -0.1) is 23.1 Å². The average Bonchev–Trinajstić information content (AvgIpc) is 3.62. The summed E-state index contributed by atoms with van der Waals surface area (Å²) in [5.74, 6) is -1.47. The van der Waals surface area contributed by atoms with Gasteiger partial charge in [-0.25, -0.2) is 9.78 Å². The molecule has 2 aromatic carbocycles. The van der Waals surface area contributed by atoms with Crippen LogP contribution < -0.4 is 10.6 Å². The quantitative estimate of drug-likeness (QED) is 0.0557. The summed E-state index contributed by atoms with van der Waals surface area (Å²) < 4.78 is 6.24. The van der Waals surface area contributed by atoms with E-state index in [1.807, 2.05) is 91.2 Å². The summed E-state index contributed by atoms with van der Waals surface area (Å²) in [5, 5.41) is 12.2. The number of carbonyl (C=O) groups excluding carboxylic acids is 4.